The molecule has 1 N–H and O–H groups in total. The van der Waals surface area contributed by atoms with Crippen molar-refractivity contribution in [1.82, 2.24) is 4.98 Å². The zero-order valence-electron chi connectivity index (χ0n) is 9.62. The summed E-state index contributed by atoms with van der Waals surface area (Å²) in [5.41, 5.74) is 0.589. The van der Waals surface area contributed by atoms with Crippen molar-refractivity contribution in [2.75, 3.05) is 0 Å². The minimum Gasteiger partial charge on any atom is -0.389 e. The van der Waals surface area contributed by atoms with Crippen LogP contribution in [0, 0.1) is 5.92 Å². The molecule has 3 heteroatoms. The first-order chi connectivity index (χ1) is 7.60. The Morgan fingerprint density at radius 2 is 2.31 bits per heavy atom. The van der Waals surface area contributed by atoms with Gasteiger partial charge in [-0.2, -0.15) is 0 Å². The highest BCUT2D eigenvalue weighted by molar-refractivity contribution is 9.10. The monoisotopic (exact) mass is 283 g/mol. The van der Waals surface area contributed by atoms with E-state index in [1.54, 1.807) is 6.20 Å². The summed E-state index contributed by atoms with van der Waals surface area (Å²) in [7, 11) is 0. The highest BCUT2D eigenvalue weighted by atomic mass is 79.9. The molecule has 0 aliphatic heterocycles. The van der Waals surface area contributed by atoms with Crippen LogP contribution >= 0.6 is 15.9 Å². The summed E-state index contributed by atoms with van der Waals surface area (Å²) in [5.74, 6) is 0.389. The Labute approximate surface area is 105 Å². The van der Waals surface area contributed by atoms with Crippen LogP contribution in [0.5, 0.6) is 0 Å². The molecule has 0 spiro atoms. The second-order valence-electron chi connectivity index (χ2n) is 4.94. The van der Waals surface area contributed by atoms with Crippen LogP contribution in [0.25, 0.3) is 0 Å². The highest BCUT2D eigenvalue weighted by Gasteiger charge is 2.35. The second-order valence-corrected chi connectivity index (χ2v) is 5.85. The van der Waals surface area contributed by atoms with Crippen LogP contribution in [0.15, 0.2) is 22.9 Å². The lowest BCUT2D eigenvalue weighted by Gasteiger charge is -2.38. The molecule has 0 bridgehead atoms. The fourth-order valence-corrected chi connectivity index (χ4v) is 2.98. The van der Waals surface area contributed by atoms with E-state index in [0.717, 1.165) is 35.7 Å². The summed E-state index contributed by atoms with van der Waals surface area (Å²) < 4.78 is 0.983. The van der Waals surface area contributed by atoms with E-state index in [-0.39, 0.29) is 0 Å². The molecule has 16 heavy (non-hydrogen) atoms. The molecule has 0 amide bonds. The average molecular weight is 284 g/mol. The van der Waals surface area contributed by atoms with Crippen LogP contribution in [-0.2, 0) is 6.42 Å². The predicted molar refractivity (Wildman–Crippen MR) is 68.2 cm³/mol. The fraction of sp³-hybridized carbons (Fsp3) is 0.615. The molecule has 0 aromatic carbocycles. The van der Waals surface area contributed by atoms with Crippen molar-refractivity contribution in [2.24, 2.45) is 5.92 Å². The van der Waals surface area contributed by atoms with Gasteiger partial charge in [0.25, 0.3) is 0 Å². The summed E-state index contributed by atoms with van der Waals surface area (Å²) in [5, 5.41) is 10.6. The topological polar surface area (TPSA) is 33.1 Å². The third-order valence-corrected chi connectivity index (χ3v) is 4.12. The quantitative estimate of drug-likeness (QED) is 0.903. The van der Waals surface area contributed by atoms with Gasteiger partial charge in [-0.1, -0.05) is 19.8 Å². The minimum atomic E-state index is -0.527. The third-order valence-electron chi connectivity index (χ3n) is 3.69. The minimum absolute atomic E-state index is 0.389. The number of hydrogen-bond acceptors (Lipinski definition) is 2. The Hall–Kier alpha value is -0.410. The number of nitrogens with zero attached hydrogens (tertiary/aromatic N) is 1. The van der Waals surface area contributed by atoms with Gasteiger partial charge >= 0.3 is 0 Å². The fourth-order valence-electron chi connectivity index (χ4n) is 2.57. The molecule has 2 atom stereocenters. The molecule has 1 aliphatic rings. The van der Waals surface area contributed by atoms with Gasteiger partial charge in [0.2, 0.25) is 0 Å². The van der Waals surface area contributed by atoms with E-state index in [1.165, 1.54) is 6.42 Å². The van der Waals surface area contributed by atoms with Gasteiger partial charge in [0.15, 0.2) is 0 Å². The Balaban J connectivity index is 2.13. The molecule has 0 radical (unpaired) electrons. The second kappa shape index (κ2) is 4.84. The van der Waals surface area contributed by atoms with Crippen molar-refractivity contribution in [3.05, 3.63) is 28.5 Å². The zero-order valence-corrected chi connectivity index (χ0v) is 11.2. The van der Waals surface area contributed by atoms with Crippen LogP contribution in [0.2, 0.25) is 0 Å². The summed E-state index contributed by atoms with van der Waals surface area (Å²) in [6, 6.07) is 2.05. The van der Waals surface area contributed by atoms with Gasteiger partial charge in [0.1, 0.15) is 0 Å². The van der Waals surface area contributed by atoms with E-state index in [4.69, 9.17) is 0 Å². The first kappa shape index (κ1) is 12.1. The van der Waals surface area contributed by atoms with E-state index in [2.05, 4.69) is 27.8 Å². The van der Waals surface area contributed by atoms with E-state index in [1.807, 2.05) is 12.3 Å². The Morgan fingerprint density at radius 1 is 1.50 bits per heavy atom. The van der Waals surface area contributed by atoms with Crippen molar-refractivity contribution in [3.63, 3.8) is 0 Å². The molecule has 1 saturated carbocycles. The molecule has 1 aromatic rings. The van der Waals surface area contributed by atoms with Crippen LogP contribution in [0.1, 0.15) is 38.2 Å². The van der Waals surface area contributed by atoms with E-state index in [9.17, 15) is 5.11 Å². The summed E-state index contributed by atoms with van der Waals surface area (Å²) in [6.45, 7) is 2.16. The first-order valence-corrected chi connectivity index (χ1v) is 6.71. The van der Waals surface area contributed by atoms with E-state index >= 15 is 0 Å². The number of hydrogen-bond donors (Lipinski definition) is 1. The normalized spacial score (nSPS) is 30.3. The van der Waals surface area contributed by atoms with Gasteiger partial charge in [-0.05, 0) is 46.3 Å². The van der Waals surface area contributed by atoms with Crippen LogP contribution in [0.3, 0.4) is 0 Å². The number of halogens is 1. The van der Waals surface area contributed by atoms with E-state index < -0.39 is 5.60 Å². The van der Waals surface area contributed by atoms with Gasteiger partial charge < -0.3 is 5.11 Å². The maximum Gasteiger partial charge on any atom is 0.0713 e. The van der Waals surface area contributed by atoms with Crippen LogP contribution in [0.4, 0.5) is 0 Å². The average Bonchev–Trinajstić information content (AvgIpc) is 2.23. The number of pyridine rings is 1. The molecule has 1 aliphatic carbocycles. The van der Waals surface area contributed by atoms with Gasteiger partial charge in [-0.3, -0.25) is 4.98 Å². The Kier molecular flexibility index (Phi) is 3.65. The largest absolute Gasteiger partial charge is 0.389 e. The Morgan fingerprint density at radius 3 is 3.00 bits per heavy atom. The maximum absolute atomic E-state index is 10.6. The molecule has 1 heterocycles. The zero-order chi connectivity index (χ0) is 11.6. The molecule has 1 aromatic heterocycles. The predicted octanol–water partition coefficient (Wildman–Crippen LogP) is 3.33. The molecule has 2 unspecified atom stereocenters. The SMILES string of the molecule is CC1CCCCC1(O)Cc1cncc(Br)c1. The van der Waals surface area contributed by atoms with Gasteiger partial charge in [0, 0.05) is 23.3 Å². The van der Waals surface area contributed by atoms with Crippen LogP contribution in [-0.4, -0.2) is 15.7 Å². The van der Waals surface area contributed by atoms with E-state index in [0.29, 0.717) is 5.92 Å². The third kappa shape index (κ3) is 2.64. The lowest BCUT2D eigenvalue weighted by Crippen LogP contribution is -2.41. The smallest absolute Gasteiger partial charge is 0.0713 e. The lowest BCUT2D eigenvalue weighted by molar-refractivity contribution is -0.0405. The number of rotatable bonds is 2. The highest BCUT2D eigenvalue weighted by Crippen LogP contribution is 2.36. The Bertz CT molecular complexity index is 369. The molecule has 88 valence electrons. The lowest BCUT2D eigenvalue weighted by atomic mass is 9.73. The molecular formula is C13H18BrNO. The van der Waals surface area contributed by atoms with Crippen LogP contribution < -0.4 is 0 Å². The van der Waals surface area contributed by atoms with Gasteiger partial charge in [-0.25, -0.2) is 0 Å². The number of aliphatic hydroxyl groups is 1. The molecular weight excluding hydrogens is 266 g/mol. The van der Waals surface area contributed by atoms with Gasteiger partial charge in [-0.15, -0.1) is 0 Å². The standard InChI is InChI=1S/C13H18BrNO/c1-10-4-2-3-5-13(10,16)7-11-6-12(14)9-15-8-11/h6,8-10,16H,2-5,7H2,1H3. The maximum atomic E-state index is 10.6. The molecule has 2 rings (SSSR count). The van der Waals surface area contributed by atoms with Crippen molar-refractivity contribution in [1.29, 1.82) is 0 Å². The summed E-state index contributed by atoms with van der Waals surface area (Å²) >= 11 is 3.42. The summed E-state index contributed by atoms with van der Waals surface area (Å²) in [4.78, 5) is 4.15. The van der Waals surface area contributed by atoms with Gasteiger partial charge in [0.05, 0.1) is 5.60 Å². The van der Waals surface area contributed by atoms with Crippen molar-refractivity contribution >= 4 is 15.9 Å². The van der Waals surface area contributed by atoms with Crippen molar-refractivity contribution in [3.8, 4) is 0 Å². The molecule has 1 fully saturated rings. The number of aromatic nitrogens is 1. The van der Waals surface area contributed by atoms with Crippen molar-refractivity contribution in [2.45, 2.75) is 44.6 Å². The van der Waals surface area contributed by atoms with Crippen molar-refractivity contribution < 1.29 is 5.11 Å². The molecule has 0 saturated heterocycles. The molecule has 2 nitrogen and oxygen atoms in total. The first-order valence-electron chi connectivity index (χ1n) is 5.92. The summed E-state index contributed by atoms with van der Waals surface area (Å²) in [6.07, 6.45) is 8.80.